The van der Waals surface area contributed by atoms with E-state index in [0.29, 0.717) is 11.3 Å². The minimum atomic E-state index is -0.746. The van der Waals surface area contributed by atoms with E-state index in [1.807, 2.05) is 10.1 Å². The number of nitrogens with zero attached hydrogens (tertiary/aromatic N) is 2. The smallest absolute Gasteiger partial charge is 0.342 e. The topological polar surface area (TPSA) is 132 Å². The van der Waals surface area contributed by atoms with Gasteiger partial charge in [0.15, 0.2) is 0 Å². The highest BCUT2D eigenvalue weighted by Gasteiger charge is 2.05. The number of amides is 1. The van der Waals surface area contributed by atoms with Crippen molar-refractivity contribution in [2.45, 2.75) is 6.92 Å². The molecule has 2 aromatic rings. The van der Waals surface area contributed by atoms with Crippen LogP contribution in [0.3, 0.4) is 0 Å². The average Bonchev–Trinajstić information content (AvgIpc) is 2.52. The summed E-state index contributed by atoms with van der Waals surface area (Å²) in [5.41, 5.74) is 1.92. The molecule has 0 aliphatic carbocycles. The lowest BCUT2D eigenvalue weighted by Crippen LogP contribution is -2.32. The van der Waals surface area contributed by atoms with Crippen molar-refractivity contribution in [3.05, 3.63) is 56.5 Å². The maximum absolute atomic E-state index is 12.8. The summed E-state index contributed by atoms with van der Waals surface area (Å²) in [6, 6.07) is 5.63. The Morgan fingerprint density at radius 3 is 2.65 bits per heavy atom. The van der Waals surface area contributed by atoms with Gasteiger partial charge in [-0.25, -0.2) is 19.7 Å². The SMILES string of the molecule is CC(=NNC(=O)CNc1n[nH]c(=O)[nH]c1=O)c1ccc(F)cc1. The molecule has 0 fully saturated rings. The van der Waals surface area contributed by atoms with Crippen LogP contribution in [0.2, 0.25) is 0 Å². The van der Waals surface area contributed by atoms with Gasteiger partial charge in [0.1, 0.15) is 5.82 Å². The van der Waals surface area contributed by atoms with E-state index < -0.39 is 17.2 Å². The van der Waals surface area contributed by atoms with Crippen LogP contribution in [0.4, 0.5) is 10.2 Å². The number of carbonyl (C=O) groups excluding carboxylic acids is 1. The Hall–Kier alpha value is -3.30. The quantitative estimate of drug-likeness (QED) is 0.437. The van der Waals surface area contributed by atoms with Gasteiger partial charge in [0.25, 0.3) is 11.5 Å². The lowest BCUT2D eigenvalue weighted by Gasteiger charge is -2.04. The molecule has 0 bridgehead atoms. The molecule has 0 radical (unpaired) electrons. The van der Waals surface area contributed by atoms with Crippen molar-refractivity contribution in [1.29, 1.82) is 0 Å². The van der Waals surface area contributed by atoms with E-state index in [4.69, 9.17) is 0 Å². The fourth-order valence-electron chi connectivity index (χ4n) is 1.57. The first-order valence-electron chi connectivity index (χ1n) is 6.47. The normalized spacial score (nSPS) is 11.1. The van der Waals surface area contributed by atoms with Crippen LogP contribution in [0.1, 0.15) is 12.5 Å². The highest BCUT2D eigenvalue weighted by Crippen LogP contribution is 2.03. The Balaban J connectivity index is 1.91. The van der Waals surface area contributed by atoms with Gasteiger partial charge in [0.05, 0.1) is 12.3 Å². The first-order valence-corrected chi connectivity index (χ1v) is 6.47. The van der Waals surface area contributed by atoms with Crippen LogP contribution in [0, 0.1) is 5.82 Å². The van der Waals surface area contributed by atoms with E-state index in [1.165, 1.54) is 24.3 Å². The Bertz CT molecular complexity index is 840. The third-order valence-electron chi connectivity index (χ3n) is 2.74. The van der Waals surface area contributed by atoms with Crippen LogP contribution in [0.25, 0.3) is 0 Å². The zero-order valence-corrected chi connectivity index (χ0v) is 12.0. The lowest BCUT2D eigenvalue weighted by molar-refractivity contribution is -0.119. The number of hydrazone groups is 1. The molecular weight excluding hydrogens is 307 g/mol. The fourth-order valence-corrected chi connectivity index (χ4v) is 1.57. The average molecular weight is 320 g/mol. The van der Waals surface area contributed by atoms with E-state index in [2.05, 4.69) is 20.9 Å². The standard InChI is InChI=1S/C13H13FN6O3/c1-7(8-2-4-9(14)5-3-8)17-18-10(21)6-15-11-12(22)16-13(23)20-19-11/h2-5H,6H2,1H3,(H,15,19)(H,18,21)(H2,16,20,22,23). The maximum Gasteiger partial charge on any atom is 0.342 e. The zero-order valence-electron chi connectivity index (χ0n) is 12.0. The van der Waals surface area contributed by atoms with Gasteiger partial charge in [-0.15, -0.1) is 5.10 Å². The van der Waals surface area contributed by atoms with Crippen molar-refractivity contribution < 1.29 is 9.18 Å². The third kappa shape index (κ3) is 4.59. The van der Waals surface area contributed by atoms with Gasteiger partial charge in [0.2, 0.25) is 5.82 Å². The van der Waals surface area contributed by atoms with E-state index in [1.54, 1.807) is 6.92 Å². The van der Waals surface area contributed by atoms with Gasteiger partial charge in [-0.3, -0.25) is 14.6 Å². The van der Waals surface area contributed by atoms with Gasteiger partial charge in [-0.1, -0.05) is 12.1 Å². The summed E-state index contributed by atoms with van der Waals surface area (Å²) in [6.45, 7) is 1.37. The highest BCUT2D eigenvalue weighted by molar-refractivity contribution is 5.99. The molecule has 1 aromatic heterocycles. The number of anilines is 1. The zero-order chi connectivity index (χ0) is 16.8. The largest absolute Gasteiger partial charge is 0.355 e. The molecule has 10 heteroatoms. The molecule has 0 aliphatic rings. The van der Waals surface area contributed by atoms with Crippen molar-refractivity contribution in [1.82, 2.24) is 20.6 Å². The molecule has 0 saturated heterocycles. The number of nitrogens with one attached hydrogen (secondary N) is 4. The van der Waals surface area contributed by atoms with Crippen molar-refractivity contribution >= 4 is 17.4 Å². The molecule has 1 amide bonds. The number of hydrogen-bond donors (Lipinski definition) is 4. The van der Waals surface area contributed by atoms with Gasteiger partial charge < -0.3 is 5.32 Å². The molecule has 0 atom stereocenters. The van der Waals surface area contributed by atoms with E-state index in [0.717, 1.165) is 0 Å². The molecule has 120 valence electrons. The first kappa shape index (κ1) is 16.1. The van der Waals surface area contributed by atoms with Crippen LogP contribution in [0.5, 0.6) is 0 Å². The van der Waals surface area contributed by atoms with Crippen LogP contribution >= 0.6 is 0 Å². The van der Waals surface area contributed by atoms with Crippen molar-refractivity contribution in [3.63, 3.8) is 0 Å². The number of aromatic amines is 2. The summed E-state index contributed by atoms with van der Waals surface area (Å²) in [4.78, 5) is 35.7. The number of carbonyl (C=O) groups is 1. The molecule has 0 saturated carbocycles. The lowest BCUT2D eigenvalue weighted by atomic mass is 10.1. The Kier molecular flexibility index (Phi) is 4.97. The molecule has 1 heterocycles. The molecule has 1 aromatic carbocycles. The molecule has 0 unspecified atom stereocenters. The number of aromatic nitrogens is 3. The monoisotopic (exact) mass is 320 g/mol. The summed E-state index contributed by atoms with van der Waals surface area (Å²) in [5, 5.41) is 11.8. The first-order chi connectivity index (χ1) is 11.0. The Morgan fingerprint density at radius 2 is 2.00 bits per heavy atom. The van der Waals surface area contributed by atoms with Crippen molar-refractivity contribution in [2.24, 2.45) is 5.10 Å². The summed E-state index contributed by atoms with van der Waals surface area (Å²) >= 11 is 0. The number of benzene rings is 1. The van der Waals surface area contributed by atoms with Gasteiger partial charge in [0, 0.05) is 0 Å². The second kappa shape index (κ2) is 7.11. The maximum atomic E-state index is 12.8. The van der Waals surface area contributed by atoms with Crippen LogP contribution in [0.15, 0.2) is 39.0 Å². The second-order valence-corrected chi connectivity index (χ2v) is 4.45. The van der Waals surface area contributed by atoms with E-state index >= 15 is 0 Å². The summed E-state index contributed by atoms with van der Waals surface area (Å²) in [5.74, 6) is -1.09. The predicted octanol–water partition coefficient (Wildman–Crippen LogP) is -0.450. The van der Waals surface area contributed by atoms with Crippen molar-refractivity contribution in [2.75, 3.05) is 11.9 Å². The second-order valence-electron chi connectivity index (χ2n) is 4.45. The van der Waals surface area contributed by atoms with Crippen LogP contribution in [-0.4, -0.2) is 33.3 Å². The molecule has 0 spiro atoms. The van der Waals surface area contributed by atoms with E-state index in [9.17, 15) is 18.8 Å². The molecule has 2 rings (SSSR count). The number of H-pyrrole nitrogens is 2. The third-order valence-corrected chi connectivity index (χ3v) is 2.74. The van der Waals surface area contributed by atoms with Gasteiger partial charge in [-0.2, -0.15) is 5.10 Å². The molecule has 9 nitrogen and oxygen atoms in total. The minimum absolute atomic E-state index is 0.195. The Morgan fingerprint density at radius 1 is 1.30 bits per heavy atom. The summed E-state index contributed by atoms with van der Waals surface area (Å²) < 4.78 is 12.8. The number of rotatable bonds is 5. The summed E-state index contributed by atoms with van der Waals surface area (Å²) in [6.07, 6.45) is 0. The molecule has 23 heavy (non-hydrogen) atoms. The van der Waals surface area contributed by atoms with Crippen LogP contribution < -0.4 is 22.0 Å². The predicted molar refractivity (Wildman–Crippen MR) is 80.7 cm³/mol. The van der Waals surface area contributed by atoms with Crippen molar-refractivity contribution in [3.8, 4) is 0 Å². The minimum Gasteiger partial charge on any atom is -0.355 e. The number of halogens is 1. The highest BCUT2D eigenvalue weighted by atomic mass is 19.1. The van der Waals surface area contributed by atoms with Crippen LogP contribution in [-0.2, 0) is 4.79 Å². The van der Waals surface area contributed by atoms with E-state index in [-0.39, 0.29) is 18.2 Å². The molecule has 4 N–H and O–H groups in total. The molecule has 0 aliphatic heterocycles. The van der Waals surface area contributed by atoms with Gasteiger partial charge >= 0.3 is 5.69 Å². The molecular formula is C13H13FN6O3. The van der Waals surface area contributed by atoms with Gasteiger partial charge in [-0.05, 0) is 24.6 Å². The summed E-state index contributed by atoms with van der Waals surface area (Å²) in [7, 11) is 0. The number of hydrogen-bond acceptors (Lipinski definition) is 6. The Labute approximate surface area is 128 Å². The fraction of sp³-hybridized carbons (Fsp3) is 0.154.